The highest BCUT2D eigenvalue weighted by Crippen LogP contribution is 2.11. The van der Waals surface area contributed by atoms with Gasteiger partial charge in [-0.2, -0.15) is 0 Å². The van der Waals surface area contributed by atoms with Crippen molar-refractivity contribution in [2.75, 3.05) is 0 Å². The molecule has 94 valence electrons. The highest BCUT2D eigenvalue weighted by molar-refractivity contribution is 5.23. The van der Waals surface area contributed by atoms with Gasteiger partial charge in [-0.05, 0) is 37.0 Å². The zero-order valence-corrected chi connectivity index (χ0v) is 10.6. The normalized spacial score (nSPS) is 12.4. The van der Waals surface area contributed by atoms with Crippen molar-refractivity contribution < 1.29 is 4.39 Å². The number of benzene rings is 2. The molecule has 2 aromatic rings. The summed E-state index contributed by atoms with van der Waals surface area (Å²) in [7, 11) is 0. The summed E-state index contributed by atoms with van der Waals surface area (Å²) in [6, 6.07) is 15.1. The van der Waals surface area contributed by atoms with Gasteiger partial charge < -0.3 is 5.73 Å². The van der Waals surface area contributed by atoms with Crippen LogP contribution in [0, 0.1) is 12.7 Å². The zero-order valence-electron chi connectivity index (χ0n) is 10.6. The Morgan fingerprint density at radius 3 is 2.33 bits per heavy atom. The van der Waals surface area contributed by atoms with Crippen LogP contribution in [0.25, 0.3) is 0 Å². The topological polar surface area (TPSA) is 26.0 Å². The molecule has 1 atom stereocenters. The second-order valence-electron chi connectivity index (χ2n) is 4.75. The summed E-state index contributed by atoms with van der Waals surface area (Å²) in [5.74, 6) is -0.170. The first-order valence-corrected chi connectivity index (χ1v) is 6.19. The van der Waals surface area contributed by atoms with E-state index in [9.17, 15) is 4.39 Å². The summed E-state index contributed by atoms with van der Waals surface area (Å²) < 4.78 is 13.5. The summed E-state index contributed by atoms with van der Waals surface area (Å²) in [5, 5.41) is 0. The molecule has 0 amide bonds. The number of hydrogen-bond donors (Lipinski definition) is 1. The van der Waals surface area contributed by atoms with E-state index in [1.165, 1.54) is 17.2 Å². The summed E-state index contributed by atoms with van der Waals surface area (Å²) in [6.07, 6.45) is 1.34. The molecule has 2 aromatic carbocycles. The molecule has 2 heteroatoms. The van der Waals surface area contributed by atoms with Gasteiger partial charge in [-0.3, -0.25) is 0 Å². The van der Waals surface area contributed by atoms with Crippen molar-refractivity contribution in [3.63, 3.8) is 0 Å². The molecule has 1 nitrogen and oxygen atoms in total. The lowest BCUT2D eigenvalue weighted by molar-refractivity contribution is 0.584. The molecule has 0 bridgehead atoms. The minimum absolute atomic E-state index is 0.0513. The van der Waals surface area contributed by atoms with Crippen LogP contribution in [0.3, 0.4) is 0 Å². The third-order valence-electron chi connectivity index (χ3n) is 3.06. The van der Waals surface area contributed by atoms with Gasteiger partial charge >= 0.3 is 0 Å². The van der Waals surface area contributed by atoms with Gasteiger partial charge in [-0.25, -0.2) is 4.39 Å². The third-order valence-corrected chi connectivity index (χ3v) is 3.06. The fourth-order valence-corrected chi connectivity index (χ4v) is 2.05. The van der Waals surface area contributed by atoms with Crippen LogP contribution in [0.1, 0.15) is 16.7 Å². The van der Waals surface area contributed by atoms with Crippen LogP contribution < -0.4 is 5.73 Å². The first-order chi connectivity index (χ1) is 8.65. The van der Waals surface area contributed by atoms with Crippen molar-refractivity contribution in [1.29, 1.82) is 0 Å². The summed E-state index contributed by atoms with van der Waals surface area (Å²) in [5.41, 5.74) is 9.21. The van der Waals surface area contributed by atoms with E-state index < -0.39 is 0 Å². The van der Waals surface area contributed by atoms with Gasteiger partial charge in [0, 0.05) is 6.04 Å². The molecule has 0 aliphatic heterocycles. The molecule has 0 saturated carbocycles. The molecule has 0 radical (unpaired) electrons. The number of halogens is 1. The van der Waals surface area contributed by atoms with Crippen LogP contribution in [-0.2, 0) is 12.8 Å². The fraction of sp³-hybridized carbons (Fsp3) is 0.250. The standard InChI is InChI=1S/C16H18FN/c1-12-6-8-13(9-7-12)10-15(18)11-14-4-2-3-5-16(14)17/h2-9,15H,10-11,18H2,1H3. The summed E-state index contributed by atoms with van der Waals surface area (Å²) in [6.45, 7) is 2.06. The molecule has 0 fully saturated rings. The predicted octanol–water partition coefficient (Wildman–Crippen LogP) is 3.25. The van der Waals surface area contributed by atoms with Crippen molar-refractivity contribution >= 4 is 0 Å². The average Bonchev–Trinajstić information content (AvgIpc) is 2.35. The van der Waals surface area contributed by atoms with Gasteiger partial charge in [-0.15, -0.1) is 0 Å². The van der Waals surface area contributed by atoms with Crippen molar-refractivity contribution in [3.05, 3.63) is 71.0 Å². The Bertz CT molecular complexity index is 505. The molecule has 2 rings (SSSR count). The monoisotopic (exact) mass is 243 g/mol. The summed E-state index contributed by atoms with van der Waals surface area (Å²) in [4.78, 5) is 0. The van der Waals surface area contributed by atoms with Crippen LogP contribution in [0.15, 0.2) is 48.5 Å². The molecular weight excluding hydrogens is 225 g/mol. The molecule has 18 heavy (non-hydrogen) atoms. The average molecular weight is 243 g/mol. The molecule has 0 heterocycles. The Morgan fingerprint density at radius 1 is 1.00 bits per heavy atom. The largest absolute Gasteiger partial charge is 0.327 e. The Balaban J connectivity index is 1.99. The van der Waals surface area contributed by atoms with Gasteiger partial charge in [0.1, 0.15) is 5.82 Å². The van der Waals surface area contributed by atoms with Gasteiger partial charge in [0.05, 0.1) is 0 Å². The van der Waals surface area contributed by atoms with E-state index in [2.05, 4.69) is 31.2 Å². The second-order valence-corrected chi connectivity index (χ2v) is 4.75. The Kier molecular flexibility index (Phi) is 4.11. The highest BCUT2D eigenvalue weighted by Gasteiger charge is 2.08. The minimum Gasteiger partial charge on any atom is -0.327 e. The Hall–Kier alpha value is -1.67. The SMILES string of the molecule is Cc1ccc(CC(N)Cc2ccccc2F)cc1. The smallest absolute Gasteiger partial charge is 0.126 e. The lowest BCUT2D eigenvalue weighted by atomic mass is 9.99. The maximum absolute atomic E-state index is 13.5. The van der Waals surface area contributed by atoms with Crippen molar-refractivity contribution in [1.82, 2.24) is 0 Å². The first-order valence-electron chi connectivity index (χ1n) is 6.19. The third kappa shape index (κ3) is 3.41. The molecule has 0 spiro atoms. The molecular formula is C16H18FN. The number of aryl methyl sites for hydroxylation is 1. The minimum atomic E-state index is -0.170. The van der Waals surface area contributed by atoms with Gasteiger partial charge in [0.15, 0.2) is 0 Å². The quantitative estimate of drug-likeness (QED) is 0.876. The van der Waals surface area contributed by atoms with E-state index in [-0.39, 0.29) is 11.9 Å². The van der Waals surface area contributed by atoms with E-state index >= 15 is 0 Å². The highest BCUT2D eigenvalue weighted by atomic mass is 19.1. The maximum atomic E-state index is 13.5. The van der Waals surface area contributed by atoms with E-state index in [4.69, 9.17) is 5.73 Å². The van der Waals surface area contributed by atoms with Crippen molar-refractivity contribution in [2.45, 2.75) is 25.8 Å². The molecule has 0 aromatic heterocycles. The first kappa shape index (κ1) is 12.8. The van der Waals surface area contributed by atoms with Gasteiger partial charge in [0.2, 0.25) is 0 Å². The lowest BCUT2D eigenvalue weighted by Crippen LogP contribution is -2.25. The Morgan fingerprint density at radius 2 is 1.67 bits per heavy atom. The molecule has 0 saturated heterocycles. The van der Waals surface area contributed by atoms with Crippen molar-refractivity contribution in [3.8, 4) is 0 Å². The van der Waals surface area contributed by atoms with Crippen LogP contribution in [0.5, 0.6) is 0 Å². The van der Waals surface area contributed by atoms with E-state index in [0.29, 0.717) is 12.0 Å². The lowest BCUT2D eigenvalue weighted by Gasteiger charge is -2.12. The predicted molar refractivity (Wildman–Crippen MR) is 73.0 cm³/mol. The maximum Gasteiger partial charge on any atom is 0.126 e. The molecule has 0 aliphatic rings. The van der Waals surface area contributed by atoms with Gasteiger partial charge in [-0.1, -0.05) is 48.0 Å². The van der Waals surface area contributed by atoms with Crippen LogP contribution in [0.2, 0.25) is 0 Å². The van der Waals surface area contributed by atoms with Crippen LogP contribution in [0.4, 0.5) is 4.39 Å². The molecule has 0 aliphatic carbocycles. The second kappa shape index (κ2) is 5.78. The molecule has 2 N–H and O–H groups in total. The fourth-order valence-electron chi connectivity index (χ4n) is 2.05. The number of nitrogens with two attached hydrogens (primary N) is 1. The summed E-state index contributed by atoms with van der Waals surface area (Å²) >= 11 is 0. The zero-order chi connectivity index (χ0) is 13.0. The van der Waals surface area contributed by atoms with E-state index in [1.54, 1.807) is 12.1 Å². The van der Waals surface area contributed by atoms with E-state index in [1.807, 2.05) is 6.07 Å². The van der Waals surface area contributed by atoms with Crippen LogP contribution >= 0.6 is 0 Å². The van der Waals surface area contributed by atoms with Gasteiger partial charge in [0.25, 0.3) is 0 Å². The van der Waals surface area contributed by atoms with Crippen molar-refractivity contribution in [2.24, 2.45) is 5.73 Å². The number of rotatable bonds is 4. The van der Waals surface area contributed by atoms with E-state index in [0.717, 1.165) is 6.42 Å². The Labute approximate surface area is 107 Å². The molecule has 1 unspecified atom stereocenters. The van der Waals surface area contributed by atoms with Crippen LogP contribution in [-0.4, -0.2) is 6.04 Å². The number of hydrogen-bond acceptors (Lipinski definition) is 1.